The number of fused-ring (bicyclic) bond motifs is 1. The summed E-state index contributed by atoms with van der Waals surface area (Å²) in [5, 5.41) is 0.504. The Morgan fingerprint density at radius 2 is 1.39 bits per heavy atom. The molecule has 0 aliphatic rings. The molecule has 0 aliphatic carbocycles. The summed E-state index contributed by atoms with van der Waals surface area (Å²) < 4.78 is 16.4. The van der Waals surface area contributed by atoms with Gasteiger partial charge in [-0.3, -0.25) is 0 Å². The van der Waals surface area contributed by atoms with Crippen LogP contribution in [-0.4, -0.2) is 30.2 Å². The van der Waals surface area contributed by atoms with Gasteiger partial charge in [0.1, 0.15) is 6.33 Å². The van der Waals surface area contributed by atoms with Crippen LogP contribution in [0.25, 0.3) is 22.2 Å². The second kappa shape index (κ2) is 10.5. The summed E-state index contributed by atoms with van der Waals surface area (Å²) in [6, 6.07) is 21.8. The number of rotatable bonds is 6. The lowest BCUT2D eigenvalue weighted by atomic mass is 10.00. The van der Waals surface area contributed by atoms with Crippen molar-refractivity contribution in [3.05, 3.63) is 90.3 Å². The first kappa shape index (κ1) is 23.6. The second-order valence-electron chi connectivity index (χ2n) is 6.81. The summed E-state index contributed by atoms with van der Waals surface area (Å²) in [4.78, 5) is 21.8. The fourth-order valence-electron chi connectivity index (χ4n) is 3.33. The number of nitrogens with two attached hydrogens (primary N) is 1. The maximum Gasteiger partial charge on any atom is 0.347 e. The molecule has 8 heteroatoms. The van der Waals surface area contributed by atoms with Crippen molar-refractivity contribution < 1.29 is 19.0 Å². The van der Waals surface area contributed by atoms with E-state index in [2.05, 4.69) is 9.97 Å². The lowest BCUT2D eigenvalue weighted by Gasteiger charge is -2.14. The average molecular weight is 464 g/mol. The van der Waals surface area contributed by atoms with Gasteiger partial charge in [-0.2, -0.15) is 0 Å². The Labute approximate surface area is 197 Å². The number of carbonyl (C=O) groups excluding carboxylic acids is 1. The van der Waals surface area contributed by atoms with Crippen molar-refractivity contribution in [2.45, 2.75) is 0 Å². The van der Waals surface area contributed by atoms with Gasteiger partial charge in [0.05, 0.1) is 36.4 Å². The van der Waals surface area contributed by atoms with Gasteiger partial charge in [0.25, 0.3) is 0 Å². The lowest BCUT2D eigenvalue weighted by Crippen LogP contribution is -2.16. The highest BCUT2D eigenvalue weighted by atomic mass is 35.5. The van der Waals surface area contributed by atoms with E-state index in [1.165, 1.54) is 20.5 Å². The van der Waals surface area contributed by atoms with Gasteiger partial charge in [-0.05, 0) is 17.2 Å². The monoisotopic (exact) mass is 463 g/mol. The number of carbonyl (C=O) groups is 1. The Morgan fingerprint density at radius 1 is 0.818 bits per heavy atom. The van der Waals surface area contributed by atoms with E-state index in [4.69, 9.17) is 19.9 Å². The lowest BCUT2D eigenvalue weighted by molar-refractivity contribution is -0.128. The molecule has 0 unspecified atom stereocenters. The third-order valence-corrected chi connectivity index (χ3v) is 4.91. The molecular formula is C25H22ClN3O4. The Hall–Kier alpha value is -4.10. The van der Waals surface area contributed by atoms with Gasteiger partial charge in [0, 0.05) is 6.07 Å². The predicted octanol–water partition coefficient (Wildman–Crippen LogP) is 4.50. The smallest absolute Gasteiger partial charge is 0.347 e. The van der Waals surface area contributed by atoms with Gasteiger partial charge in [-0.15, -0.1) is 12.4 Å². The number of aromatic nitrogens is 2. The second-order valence-corrected chi connectivity index (χ2v) is 6.81. The van der Waals surface area contributed by atoms with E-state index in [0.717, 1.165) is 0 Å². The summed E-state index contributed by atoms with van der Waals surface area (Å²) in [5.41, 5.74) is 8.87. The molecule has 4 aromatic rings. The van der Waals surface area contributed by atoms with Crippen molar-refractivity contribution in [1.82, 2.24) is 9.97 Å². The van der Waals surface area contributed by atoms with Crippen molar-refractivity contribution in [3.8, 4) is 17.4 Å². The summed E-state index contributed by atoms with van der Waals surface area (Å²) >= 11 is 0. The molecule has 2 N–H and O–H groups in total. The number of methoxy groups -OCH3 is 2. The van der Waals surface area contributed by atoms with E-state index >= 15 is 0 Å². The Bertz CT molecular complexity index is 1300. The Kier molecular flexibility index (Phi) is 7.48. The van der Waals surface area contributed by atoms with Crippen LogP contribution in [0.3, 0.4) is 0 Å². The number of halogens is 1. The molecule has 0 saturated carbocycles. The first-order chi connectivity index (χ1) is 15.6. The zero-order valence-electron chi connectivity index (χ0n) is 18.0. The summed E-state index contributed by atoms with van der Waals surface area (Å²) in [6.07, 6.45) is 1.32. The molecule has 1 aromatic heterocycles. The minimum atomic E-state index is -0.632. The van der Waals surface area contributed by atoms with Crippen LogP contribution in [0.1, 0.15) is 11.1 Å². The molecule has 33 heavy (non-hydrogen) atoms. The standard InChI is InChI=1S/C25H21N3O4.ClH/c1-30-20-13-18-19(14-21(20)31-2)27-15-28-24(18)32-25(29)22(16-9-5-3-6-10-16)23(26)17-11-7-4-8-12-17;/h3-15H,26H2,1-2H3;1H/b23-22+;. The molecule has 1 heterocycles. The van der Waals surface area contributed by atoms with Crippen LogP contribution < -0.4 is 19.9 Å². The van der Waals surface area contributed by atoms with Crippen LogP contribution in [0.15, 0.2) is 79.1 Å². The molecule has 7 nitrogen and oxygen atoms in total. The molecule has 0 bridgehead atoms. The fourth-order valence-corrected chi connectivity index (χ4v) is 3.33. The molecular weight excluding hydrogens is 442 g/mol. The topological polar surface area (TPSA) is 96.6 Å². The molecule has 168 valence electrons. The number of nitrogens with zero attached hydrogens (tertiary/aromatic N) is 2. The zero-order valence-corrected chi connectivity index (χ0v) is 18.8. The van der Waals surface area contributed by atoms with E-state index < -0.39 is 5.97 Å². The molecule has 0 amide bonds. The van der Waals surface area contributed by atoms with E-state index in [9.17, 15) is 4.79 Å². The first-order valence-electron chi connectivity index (χ1n) is 9.82. The normalized spacial score (nSPS) is 11.2. The number of hydrogen-bond acceptors (Lipinski definition) is 7. The maximum absolute atomic E-state index is 13.4. The molecule has 0 saturated heterocycles. The molecule has 0 atom stereocenters. The molecule has 0 radical (unpaired) electrons. The quantitative estimate of drug-likeness (QED) is 0.255. The van der Waals surface area contributed by atoms with E-state index in [1.807, 2.05) is 48.5 Å². The third kappa shape index (κ3) is 4.88. The van der Waals surface area contributed by atoms with Gasteiger partial charge < -0.3 is 19.9 Å². The summed E-state index contributed by atoms with van der Waals surface area (Å²) in [5.74, 6) is 0.437. The third-order valence-electron chi connectivity index (χ3n) is 4.91. The van der Waals surface area contributed by atoms with Crippen LogP contribution in [-0.2, 0) is 4.79 Å². The number of benzene rings is 3. The average Bonchev–Trinajstić information content (AvgIpc) is 2.84. The molecule has 3 aromatic carbocycles. The largest absolute Gasteiger partial charge is 0.493 e. The zero-order chi connectivity index (χ0) is 22.5. The van der Waals surface area contributed by atoms with Crippen LogP contribution in [0.4, 0.5) is 0 Å². The van der Waals surface area contributed by atoms with Crippen molar-refractivity contribution in [1.29, 1.82) is 0 Å². The summed E-state index contributed by atoms with van der Waals surface area (Å²) in [7, 11) is 3.06. The van der Waals surface area contributed by atoms with Crippen LogP contribution >= 0.6 is 12.4 Å². The van der Waals surface area contributed by atoms with E-state index in [0.29, 0.717) is 39.2 Å². The maximum atomic E-state index is 13.4. The minimum Gasteiger partial charge on any atom is -0.493 e. The summed E-state index contributed by atoms with van der Waals surface area (Å²) in [6.45, 7) is 0. The highest BCUT2D eigenvalue weighted by Gasteiger charge is 2.22. The first-order valence-corrected chi connectivity index (χ1v) is 9.82. The Balaban J connectivity index is 0.00000306. The minimum absolute atomic E-state index is 0. The van der Waals surface area contributed by atoms with Crippen LogP contribution in [0.2, 0.25) is 0 Å². The highest BCUT2D eigenvalue weighted by Crippen LogP contribution is 2.35. The van der Waals surface area contributed by atoms with E-state index in [1.54, 1.807) is 24.3 Å². The molecule has 0 spiro atoms. The van der Waals surface area contributed by atoms with Crippen molar-refractivity contribution in [2.24, 2.45) is 5.73 Å². The number of esters is 1. The molecule has 4 rings (SSSR count). The van der Waals surface area contributed by atoms with Gasteiger partial charge in [-0.25, -0.2) is 14.8 Å². The van der Waals surface area contributed by atoms with Crippen molar-refractivity contribution >= 4 is 40.5 Å². The number of ether oxygens (including phenoxy) is 3. The van der Waals surface area contributed by atoms with Crippen molar-refractivity contribution in [2.75, 3.05) is 14.2 Å². The number of hydrogen-bond donors (Lipinski definition) is 1. The SMILES string of the molecule is COc1cc2ncnc(OC(=O)/C(=C(/N)c3ccccc3)c3ccccc3)c2cc1OC.Cl. The van der Waals surface area contributed by atoms with Crippen LogP contribution in [0.5, 0.6) is 17.4 Å². The van der Waals surface area contributed by atoms with Crippen molar-refractivity contribution in [3.63, 3.8) is 0 Å². The van der Waals surface area contributed by atoms with Gasteiger partial charge in [0.15, 0.2) is 11.5 Å². The Morgan fingerprint density at radius 3 is 2.00 bits per heavy atom. The highest BCUT2D eigenvalue weighted by molar-refractivity contribution is 6.25. The van der Waals surface area contributed by atoms with Gasteiger partial charge in [-0.1, -0.05) is 60.7 Å². The van der Waals surface area contributed by atoms with Crippen LogP contribution in [0, 0.1) is 0 Å². The van der Waals surface area contributed by atoms with Gasteiger partial charge >= 0.3 is 5.97 Å². The fraction of sp³-hybridized carbons (Fsp3) is 0.0800. The van der Waals surface area contributed by atoms with E-state index in [-0.39, 0.29) is 23.9 Å². The molecule has 0 fully saturated rings. The van der Waals surface area contributed by atoms with Gasteiger partial charge in [0.2, 0.25) is 5.88 Å². The molecule has 0 aliphatic heterocycles. The predicted molar refractivity (Wildman–Crippen MR) is 129 cm³/mol.